The summed E-state index contributed by atoms with van der Waals surface area (Å²) >= 11 is 3.18. The molecule has 70 valence electrons. The molecule has 1 aromatic carbocycles. The standard InChI is InChI=1S/C10H7BrN2O/c11-10-12-9(14-13-10)8-5-6-3-1-2-4-7(6)8/h1-4,8H,5H2. The Morgan fingerprint density at radius 3 is 2.93 bits per heavy atom. The molecule has 0 saturated heterocycles. The van der Waals surface area contributed by atoms with Crippen molar-refractivity contribution in [3.05, 3.63) is 46.0 Å². The molecule has 1 aliphatic rings. The topological polar surface area (TPSA) is 38.9 Å². The number of benzene rings is 1. The van der Waals surface area contributed by atoms with Gasteiger partial charge in [-0.25, -0.2) is 0 Å². The van der Waals surface area contributed by atoms with Gasteiger partial charge in [-0.3, -0.25) is 0 Å². The molecule has 0 saturated carbocycles. The Morgan fingerprint density at radius 2 is 2.21 bits per heavy atom. The lowest BCUT2D eigenvalue weighted by Crippen LogP contribution is -2.18. The van der Waals surface area contributed by atoms with Crippen LogP contribution in [0, 0.1) is 0 Å². The van der Waals surface area contributed by atoms with E-state index in [9.17, 15) is 0 Å². The fourth-order valence-electron chi connectivity index (χ4n) is 1.84. The molecule has 0 N–H and O–H groups in total. The number of nitrogens with zero attached hydrogens (tertiary/aromatic N) is 2. The van der Waals surface area contributed by atoms with Crippen molar-refractivity contribution in [2.45, 2.75) is 12.3 Å². The number of aromatic nitrogens is 2. The van der Waals surface area contributed by atoms with E-state index in [1.165, 1.54) is 11.1 Å². The number of fused-ring (bicyclic) bond motifs is 1. The van der Waals surface area contributed by atoms with E-state index in [1.807, 2.05) is 6.07 Å². The van der Waals surface area contributed by atoms with E-state index in [0.29, 0.717) is 16.5 Å². The molecule has 4 heteroatoms. The quantitative estimate of drug-likeness (QED) is 0.781. The molecule has 2 aromatic rings. The van der Waals surface area contributed by atoms with Gasteiger partial charge in [-0.15, -0.1) is 0 Å². The van der Waals surface area contributed by atoms with Crippen LogP contribution in [0.3, 0.4) is 0 Å². The van der Waals surface area contributed by atoms with Gasteiger partial charge in [0.15, 0.2) is 0 Å². The van der Waals surface area contributed by atoms with E-state index in [-0.39, 0.29) is 0 Å². The Balaban J connectivity index is 1.99. The minimum atomic E-state index is 0.296. The van der Waals surface area contributed by atoms with E-state index >= 15 is 0 Å². The number of hydrogen-bond acceptors (Lipinski definition) is 3. The summed E-state index contributed by atoms with van der Waals surface area (Å²) in [4.78, 5) is 4.17. The number of rotatable bonds is 1. The van der Waals surface area contributed by atoms with Gasteiger partial charge in [0.1, 0.15) is 0 Å². The van der Waals surface area contributed by atoms with Gasteiger partial charge in [-0.05, 0) is 38.6 Å². The zero-order valence-corrected chi connectivity index (χ0v) is 8.86. The first kappa shape index (κ1) is 8.17. The fraction of sp³-hybridized carbons (Fsp3) is 0.200. The highest BCUT2D eigenvalue weighted by molar-refractivity contribution is 9.10. The van der Waals surface area contributed by atoms with Crippen molar-refractivity contribution in [1.82, 2.24) is 10.1 Å². The third-order valence-corrected chi connectivity index (χ3v) is 2.89. The number of halogens is 1. The monoisotopic (exact) mass is 250 g/mol. The van der Waals surface area contributed by atoms with E-state index in [2.05, 4.69) is 44.3 Å². The zero-order valence-electron chi connectivity index (χ0n) is 7.27. The molecule has 0 spiro atoms. The highest BCUT2D eigenvalue weighted by atomic mass is 79.9. The summed E-state index contributed by atoms with van der Waals surface area (Å²) < 4.78 is 5.64. The van der Waals surface area contributed by atoms with Crippen LogP contribution in [-0.4, -0.2) is 10.1 Å². The van der Waals surface area contributed by atoms with Crippen LogP contribution in [0.15, 0.2) is 33.5 Å². The molecule has 0 fully saturated rings. The molecule has 3 nitrogen and oxygen atoms in total. The van der Waals surface area contributed by atoms with Gasteiger partial charge in [0.05, 0.1) is 5.92 Å². The van der Waals surface area contributed by atoms with E-state index in [0.717, 1.165) is 6.42 Å². The Hall–Kier alpha value is -1.16. The molecule has 0 amide bonds. The van der Waals surface area contributed by atoms with Gasteiger partial charge in [0, 0.05) is 0 Å². The predicted octanol–water partition coefficient (Wildman–Crippen LogP) is 2.52. The minimum Gasteiger partial charge on any atom is -0.338 e. The Bertz CT molecular complexity index is 480. The summed E-state index contributed by atoms with van der Waals surface area (Å²) in [5, 5.41) is 3.72. The van der Waals surface area contributed by atoms with Crippen molar-refractivity contribution in [3.63, 3.8) is 0 Å². The SMILES string of the molecule is Brc1noc(C2Cc3ccccc32)n1. The van der Waals surface area contributed by atoms with Crippen molar-refractivity contribution in [2.24, 2.45) is 0 Å². The van der Waals surface area contributed by atoms with Gasteiger partial charge in [-0.2, -0.15) is 4.98 Å². The third kappa shape index (κ3) is 1.10. The molecule has 0 bridgehead atoms. The highest BCUT2D eigenvalue weighted by Crippen LogP contribution is 2.39. The largest absolute Gasteiger partial charge is 0.338 e. The Labute approximate surface area is 89.3 Å². The lowest BCUT2D eigenvalue weighted by Gasteiger charge is -2.26. The van der Waals surface area contributed by atoms with Crippen molar-refractivity contribution < 1.29 is 4.52 Å². The van der Waals surface area contributed by atoms with E-state index < -0.39 is 0 Å². The molecular weight excluding hydrogens is 244 g/mol. The molecule has 0 aliphatic heterocycles. The summed E-state index contributed by atoms with van der Waals surface area (Å²) in [5.74, 6) is 1.00. The molecule has 14 heavy (non-hydrogen) atoms. The van der Waals surface area contributed by atoms with E-state index in [1.54, 1.807) is 0 Å². The Kier molecular flexibility index (Phi) is 1.70. The molecule has 0 radical (unpaired) electrons. The second-order valence-electron chi connectivity index (χ2n) is 3.36. The van der Waals surface area contributed by atoms with Gasteiger partial charge in [0.25, 0.3) is 0 Å². The summed E-state index contributed by atoms with van der Waals surface area (Å²) in [6.45, 7) is 0. The average Bonchev–Trinajstić information content (AvgIpc) is 2.54. The molecule has 1 unspecified atom stereocenters. The molecule has 3 rings (SSSR count). The molecule has 1 aliphatic carbocycles. The van der Waals surface area contributed by atoms with Crippen LogP contribution < -0.4 is 0 Å². The second kappa shape index (κ2) is 2.92. The van der Waals surface area contributed by atoms with Gasteiger partial charge < -0.3 is 4.52 Å². The number of hydrogen-bond donors (Lipinski definition) is 0. The maximum Gasteiger partial charge on any atom is 0.238 e. The predicted molar refractivity (Wildman–Crippen MR) is 54.0 cm³/mol. The summed E-state index contributed by atoms with van der Waals surface area (Å²) in [5.41, 5.74) is 2.69. The van der Waals surface area contributed by atoms with Crippen LogP contribution in [-0.2, 0) is 6.42 Å². The van der Waals surface area contributed by atoms with Crippen LogP contribution in [0.1, 0.15) is 22.9 Å². The van der Waals surface area contributed by atoms with Crippen molar-refractivity contribution in [2.75, 3.05) is 0 Å². The first-order valence-corrected chi connectivity index (χ1v) is 5.21. The molecule has 1 atom stereocenters. The van der Waals surface area contributed by atoms with Crippen molar-refractivity contribution in [3.8, 4) is 0 Å². The second-order valence-corrected chi connectivity index (χ2v) is 4.07. The fourth-order valence-corrected chi connectivity index (χ4v) is 2.08. The molecular formula is C10H7BrN2O. The van der Waals surface area contributed by atoms with Crippen LogP contribution >= 0.6 is 15.9 Å². The average molecular weight is 251 g/mol. The van der Waals surface area contributed by atoms with Crippen LogP contribution in [0.5, 0.6) is 0 Å². The lowest BCUT2D eigenvalue weighted by molar-refractivity contribution is 0.353. The van der Waals surface area contributed by atoms with E-state index in [4.69, 9.17) is 4.52 Å². The van der Waals surface area contributed by atoms with Crippen molar-refractivity contribution >= 4 is 15.9 Å². The molecule has 1 aromatic heterocycles. The maximum absolute atomic E-state index is 5.12. The minimum absolute atomic E-state index is 0.296. The smallest absolute Gasteiger partial charge is 0.238 e. The Morgan fingerprint density at radius 1 is 1.36 bits per heavy atom. The van der Waals surface area contributed by atoms with Gasteiger partial charge in [-0.1, -0.05) is 24.3 Å². The van der Waals surface area contributed by atoms with Crippen molar-refractivity contribution in [1.29, 1.82) is 0 Å². The normalized spacial score (nSPS) is 18.8. The summed E-state index contributed by atoms with van der Waals surface area (Å²) in [6, 6.07) is 8.34. The lowest BCUT2D eigenvalue weighted by atomic mass is 9.77. The van der Waals surface area contributed by atoms with Crippen LogP contribution in [0.25, 0.3) is 0 Å². The van der Waals surface area contributed by atoms with Gasteiger partial charge in [0.2, 0.25) is 10.6 Å². The van der Waals surface area contributed by atoms with Crippen LogP contribution in [0.2, 0.25) is 0 Å². The first-order valence-electron chi connectivity index (χ1n) is 4.41. The third-order valence-electron chi connectivity index (χ3n) is 2.57. The maximum atomic E-state index is 5.12. The zero-order chi connectivity index (χ0) is 9.54. The molecule has 1 heterocycles. The highest BCUT2D eigenvalue weighted by Gasteiger charge is 2.31. The first-order chi connectivity index (χ1) is 6.84. The summed E-state index contributed by atoms with van der Waals surface area (Å²) in [6.07, 6.45) is 1.00. The van der Waals surface area contributed by atoms with Crippen LogP contribution in [0.4, 0.5) is 0 Å². The van der Waals surface area contributed by atoms with Gasteiger partial charge >= 0.3 is 0 Å². The summed E-state index contributed by atoms with van der Waals surface area (Å²) in [7, 11) is 0.